The van der Waals surface area contributed by atoms with E-state index in [9.17, 15) is 0 Å². The predicted octanol–water partition coefficient (Wildman–Crippen LogP) is 3.53. The third kappa shape index (κ3) is 0.970. The van der Waals surface area contributed by atoms with Crippen molar-refractivity contribution in [3.8, 4) is 0 Å². The van der Waals surface area contributed by atoms with Gasteiger partial charge >= 0.3 is 0 Å². The highest BCUT2D eigenvalue weighted by Gasteiger charge is 2.04. The van der Waals surface area contributed by atoms with Crippen molar-refractivity contribution in [2.75, 3.05) is 0 Å². The third-order valence-electron chi connectivity index (χ3n) is 2.52. The lowest BCUT2D eigenvalue weighted by atomic mass is 10.2. The lowest BCUT2D eigenvalue weighted by Crippen LogP contribution is -1.68. The van der Waals surface area contributed by atoms with Gasteiger partial charge in [0, 0.05) is 28.0 Å². The van der Waals surface area contributed by atoms with Crippen LogP contribution in [0.3, 0.4) is 0 Å². The number of aromatic amines is 1. The molecule has 2 aromatic heterocycles. The van der Waals surface area contributed by atoms with E-state index < -0.39 is 0 Å². The molecule has 3 aromatic rings. The fourth-order valence-corrected chi connectivity index (χ4v) is 1.95. The average molecular weight is 185 g/mol. The van der Waals surface area contributed by atoms with Gasteiger partial charge in [-0.05, 0) is 32.0 Å². The Labute approximate surface area is 81.5 Å². The van der Waals surface area contributed by atoms with E-state index >= 15 is 0 Å². The van der Waals surface area contributed by atoms with Crippen molar-refractivity contribution < 1.29 is 4.42 Å². The first-order valence-corrected chi connectivity index (χ1v) is 4.72. The topological polar surface area (TPSA) is 28.9 Å². The van der Waals surface area contributed by atoms with Crippen LogP contribution in [-0.4, -0.2) is 4.98 Å². The quantitative estimate of drug-likeness (QED) is 0.570. The third-order valence-corrected chi connectivity index (χ3v) is 2.52. The van der Waals surface area contributed by atoms with Crippen LogP contribution in [-0.2, 0) is 0 Å². The average Bonchev–Trinajstić information content (AvgIpc) is 2.59. The van der Waals surface area contributed by atoms with Gasteiger partial charge in [-0.2, -0.15) is 0 Å². The molecule has 0 aliphatic heterocycles. The van der Waals surface area contributed by atoms with E-state index in [1.807, 2.05) is 6.92 Å². The zero-order valence-corrected chi connectivity index (χ0v) is 8.22. The lowest BCUT2D eigenvalue weighted by molar-refractivity contribution is 0.579. The number of aryl methyl sites for hydroxylation is 2. The summed E-state index contributed by atoms with van der Waals surface area (Å²) in [4.78, 5) is 3.30. The fourth-order valence-electron chi connectivity index (χ4n) is 1.95. The molecule has 2 heterocycles. The van der Waals surface area contributed by atoms with Crippen molar-refractivity contribution in [2.45, 2.75) is 13.8 Å². The molecule has 0 saturated carbocycles. The molecule has 0 aliphatic carbocycles. The standard InChI is InChI=1S/C12H11NO/c1-7-3-9-5-10-4-8(2)14-12(10)6-11(9)13-7/h3-6,13H,1-2H3. The van der Waals surface area contributed by atoms with Gasteiger partial charge in [0.2, 0.25) is 0 Å². The molecule has 0 unspecified atom stereocenters. The van der Waals surface area contributed by atoms with Crippen LogP contribution in [0.1, 0.15) is 11.5 Å². The van der Waals surface area contributed by atoms with Gasteiger partial charge in [-0.15, -0.1) is 0 Å². The van der Waals surface area contributed by atoms with Crippen LogP contribution >= 0.6 is 0 Å². The summed E-state index contributed by atoms with van der Waals surface area (Å²) in [6, 6.07) is 8.43. The number of furan rings is 1. The number of aromatic nitrogens is 1. The maximum Gasteiger partial charge on any atom is 0.136 e. The van der Waals surface area contributed by atoms with Gasteiger partial charge in [0.25, 0.3) is 0 Å². The minimum Gasteiger partial charge on any atom is -0.461 e. The molecule has 0 aliphatic rings. The molecule has 0 fully saturated rings. The number of rotatable bonds is 0. The van der Waals surface area contributed by atoms with Crippen LogP contribution in [0.4, 0.5) is 0 Å². The van der Waals surface area contributed by atoms with Crippen molar-refractivity contribution in [3.63, 3.8) is 0 Å². The van der Waals surface area contributed by atoms with Gasteiger partial charge in [-0.25, -0.2) is 0 Å². The van der Waals surface area contributed by atoms with Gasteiger partial charge in [-0.3, -0.25) is 0 Å². The summed E-state index contributed by atoms with van der Waals surface area (Å²) in [5.74, 6) is 0.962. The van der Waals surface area contributed by atoms with Crippen molar-refractivity contribution >= 4 is 21.9 Å². The van der Waals surface area contributed by atoms with Gasteiger partial charge in [0.05, 0.1) is 0 Å². The zero-order chi connectivity index (χ0) is 9.71. The highest BCUT2D eigenvalue weighted by Crippen LogP contribution is 2.25. The normalized spacial score (nSPS) is 11.6. The SMILES string of the molecule is Cc1cc2cc3cc(C)oc3cc2[nH]1. The summed E-state index contributed by atoms with van der Waals surface area (Å²) in [6.07, 6.45) is 0. The van der Waals surface area contributed by atoms with Gasteiger partial charge in [-0.1, -0.05) is 0 Å². The highest BCUT2D eigenvalue weighted by atomic mass is 16.3. The Kier molecular flexibility index (Phi) is 1.32. The summed E-state index contributed by atoms with van der Waals surface area (Å²) in [5.41, 5.74) is 3.28. The van der Waals surface area contributed by atoms with E-state index in [1.165, 1.54) is 16.5 Å². The van der Waals surface area contributed by atoms with Crippen molar-refractivity contribution in [1.29, 1.82) is 0 Å². The molecule has 0 spiro atoms. The van der Waals surface area contributed by atoms with Gasteiger partial charge in [0.15, 0.2) is 0 Å². The monoisotopic (exact) mass is 185 g/mol. The predicted molar refractivity (Wildman–Crippen MR) is 57.5 cm³/mol. The number of H-pyrrole nitrogens is 1. The molecule has 2 heteroatoms. The minimum atomic E-state index is 0.955. The molecule has 0 saturated heterocycles. The smallest absolute Gasteiger partial charge is 0.136 e. The number of nitrogens with one attached hydrogen (secondary N) is 1. The summed E-state index contributed by atoms with van der Waals surface area (Å²) >= 11 is 0. The molecule has 70 valence electrons. The van der Waals surface area contributed by atoms with Crippen LogP contribution < -0.4 is 0 Å². The summed E-state index contributed by atoms with van der Waals surface area (Å²) in [7, 11) is 0. The largest absolute Gasteiger partial charge is 0.461 e. The van der Waals surface area contributed by atoms with Crippen LogP contribution in [0.5, 0.6) is 0 Å². The molecule has 1 N–H and O–H groups in total. The first-order chi connectivity index (χ1) is 6.72. The van der Waals surface area contributed by atoms with Crippen molar-refractivity contribution in [1.82, 2.24) is 4.98 Å². The summed E-state index contributed by atoms with van der Waals surface area (Å²) < 4.78 is 5.57. The Morgan fingerprint density at radius 3 is 2.71 bits per heavy atom. The molecule has 2 nitrogen and oxygen atoms in total. The lowest BCUT2D eigenvalue weighted by Gasteiger charge is -1.89. The van der Waals surface area contributed by atoms with Crippen molar-refractivity contribution in [3.05, 3.63) is 35.7 Å². The molecular weight excluding hydrogens is 174 g/mol. The van der Waals surface area contributed by atoms with E-state index in [1.54, 1.807) is 0 Å². The summed E-state index contributed by atoms with van der Waals surface area (Å²) in [5, 5.41) is 2.42. The Morgan fingerprint density at radius 2 is 1.86 bits per heavy atom. The Hall–Kier alpha value is -1.70. The highest BCUT2D eigenvalue weighted by molar-refractivity contribution is 5.94. The van der Waals surface area contributed by atoms with Crippen LogP contribution in [0.2, 0.25) is 0 Å². The maximum atomic E-state index is 5.57. The molecule has 1 aromatic carbocycles. The first kappa shape index (κ1) is 7.68. The summed E-state index contributed by atoms with van der Waals surface area (Å²) in [6.45, 7) is 4.03. The molecule has 14 heavy (non-hydrogen) atoms. The van der Waals surface area contributed by atoms with Crippen molar-refractivity contribution in [2.24, 2.45) is 0 Å². The van der Waals surface area contributed by atoms with Gasteiger partial charge in [0.1, 0.15) is 11.3 Å². The molecule has 0 bridgehead atoms. The van der Waals surface area contributed by atoms with Crippen LogP contribution in [0.25, 0.3) is 21.9 Å². The van der Waals surface area contributed by atoms with E-state index in [2.05, 4.69) is 36.2 Å². The van der Waals surface area contributed by atoms with E-state index in [4.69, 9.17) is 4.42 Å². The minimum absolute atomic E-state index is 0.955. The van der Waals surface area contributed by atoms with E-state index in [0.717, 1.165) is 16.9 Å². The number of fused-ring (bicyclic) bond motifs is 2. The second-order valence-electron chi connectivity index (χ2n) is 3.79. The maximum absolute atomic E-state index is 5.57. The number of benzene rings is 1. The molecule has 0 radical (unpaired) electrons. The van der Waals surface area contributed by atoms with Crippen LogP contribution in [0.15, 0.2) is 28.7 Å². The Morgan fingerprint density at radius 1 is 1.00 bits per heavy atom. The number of hydrogen-bond donors (Lipinski definition) is 1. The zero-order valence-electron chi connectivity index (χ0n) is 8.22. The van der Waals surface area contributed by atoms with E-state index in [-0.39, 0.29) is 0 Å². The molecular formula is C12H11NO. The number of hydrogen-bond acceptors (Lipinski definition) is 1. The fraction of sp³-hybridized carbons (Fsp3) is 0.167. The first-order valence-electron chi connectivity index (χ1n) is 4.72. The molecule has 0 atom stereocenters. The van der Waals surface area contributed by atoms with E-state index in [0.29, 0.717) is 0 Å². The Bertz CT molecular complexity index is 513. The Balaban J connectivity index is 2.49. The molecule has 3 rings (SSSR count). The second-order valence-corrected chi connectivity index (χ2v) is 3.79. The molecule has 0 amide bonds. The van der Waals surface area contributed by atoms with Gasteiger partial charge < -0.3 is 9.40 Å². The second kappa shape index (κ2) is 2.41. The van der Waals surface area contributed by atoms with Crippen LogP contribution in [0, 0.1) is 13.8 Å².